The van der Waals surface area contributed by atoms with E-state index in [4.69, 9.17) is 13.8 Å². The molecule has 0 fully saturated rings. The van der Waals surface area contributed by atoms with Gasteiger partial charge in [-0.05, 0) is 51.9 Å². The van der Waals surface area contributed by atoms with Gasteiger partial charge in [-0.3, -0.25) is 9.05 Å². The van der Waals surface area contributed by atoms with E-state index < -0.39 is 13.8 Å². The molecule has 190 valence electrons. The maximum atomic E-state index is 12.0. The Balaban J connectivity index is 4.23. The minimum absolute atomic E-state index is 0.0868. The maximum absolute atomic E-state index is 12.0. The van der Waals surface area contributed by atoms with Gasteiger partial charge in [0.2, 0.25) is 0 Å². The zero-order valence-electron chi connectivity index (χ0n) is 21.1. The molecule has 0 radical (unpaired) electrons. The fraction of sp³-hybridized carbons (Fsp3) is 0.875. The monoisotopic (exact) mass is 478 g/mol. The zero-order chi connectivity index (χ0) is 24.3. The van der Waals surface area contributed by atoms with Gasteiger partial charge in [0.05, 0.1) is 46.0 Å². The third-order valence-electron chi connectivity index (χ3n) is 5.61. The summed E-state index contributed by atoms with van der Waals surface area (Å²) < 4.78 is 28.3. The summed E-state index contributed by atoms with van der Waals surface area (Å²) in [5.41, 5.74) is 0.353. The fourth-order valence-corrected chi connectivity index (χ4v) is 4.38. The van der Waals surface area contributed by atoms with Gasteiger partial charge < -0.3 is 14.1 Å². The SMILES string of the molecule is C=C(C)C(=O)OCCCCOP(=O)(O)OCCCC[N+](CCCC)(CCCC)CCCC. The quantitative estimate of drug-likeness (QED) is 0.0674. The topological polar surface area (TPSA) is 82.1 Å². The average molecular weight is 479 g/mol. The first kappa shape index (κ1) is 31.3. The van der Waals surface area contributed by atoms with Crippen molar-refractivity contribution in [1.82, 2.24) is 0 Å². The fourth-order valence-electron chi connectivity index (χ4n) is 3.59. The highest BCUT2D eigenvalue weighted by molar-refractivity contribution is 7.47. The lowest BCUT2D eigenvalue weighted by atomic mass is 10.1. The van der Waals surface area contributed by atoms with E-state index in [1.165, 1.54) is 62.6 Å². The minimum atomic E-state index is -4.04. The molecule has 0 heterocycles. The van der Waals surface area contributed by atoms with Crippen molar-refractivity contribution >= 4 is 13.8 Å². The van der Waals surface area contributed by atoms with Crippen LogP contribution in [0, 0.1) is 0 Å². The number of carbonyl (C=O) groups excluding carboxylic acids is 1. The van der Waals surface area contributed by atoms with Gasteiger partial charge in [0, 0.05) is 5.57 Å². The molecular formula is C24H49NO6P+. The third-order valence-corrected chi connectivity index (χ3v) is 6.63. The molecule has 0 aliphatic heterocycles. The highest BCUT2D eigenvalue weighted by Gasteiger charge is 2.26. The number of quaternary nitrogens is 1. The number of rotatable bonds is 22. The van der Waals surface area contributed by atoms with E-state index in [0.29, 0.717) is 18.4 Å². The normalized spacial score (nSPS) is 13.7. The average Bonchev–Trinajstić information content (AvgIpc) is 2.76. The second-order valence-electron chi connectivity index (χ2n) is 8.76. The van der Waals surface area contributed by atoms with Crippen LogP contribution in [-0.4, -0.2) is 61.3 Å². The first-order valence-electron chi connectivity index (χ1n) is 12.5. The maximum Gasteiger partial charge on any atom is 0.472 e. The van der Waals surface area contributed by atoms with Crippen LogP contribution in [0.15, 0.2) is 12.2 Å². The number of ether oxygens (including phenoxy) is 1. The van der Waals surface area contributed by atoms with Crippen molar-refractivity contribution in [3.05, 3.63) is 12.2 Å². The Morgan fingerprint density at radius 3 is 1.62 bits per heavy atom. The number of phosphoric acid groups is 1. The molecule has 0 amide bonds. The summed E-state index contributed by atoms with van der Waals surface area (Å²) in [6.45, 7) is 17.1. The minimum Gasteiger partial charge on any atom is -0.462 e. The summed E-state index contributed by atoms with van der Waals surface area (Å²) in [6, 6.07) is 0. The first-order chi connectivity index (χ1) is 15.2. The van der Waals surface area contributed by atoms with Crippen molar-refractivity contribution in [1.29, 1.82) is 0 Å². The molecule has 0 aromatic carbocycles. The number of hydrogen-bond donors (Lipinski definition) is 1. The van der Waals surface area contributed by atoms with Crippen LogP contribution in [0.2, 0.25) is 0 Å². The Morgan fingerprint density at radius 2 is 1.19 bits per heavy atom. The molecule has 0 spiro atoms. The molecule has 0 aliphatic rings. The highest BCUT2D eigenvalue weighted by atomic mass is 31.2. The summed E-state index contributed by atoms with van der Waals surface area (Å²) in [4.78, 5) is 21.1. The third kappa shape index (κ3) is 16.0. The molecule has 8 heteroatoms. The molecule has 0 aromatic heterocycles. The van der Waals surface area contributed by atoms with Crippen LogP contribution >= 0.6 is 7.82 Å². The van der Waals surface area contributed by atoms with Gasteiger partial charge in [0.15, 0.2) is 0 Å². The standard InChI is InChI=1S/C24H48NO6P/c1-6-9-16-25(17-10-7-2,18-11-8-3)19-12-13-21-30-32(27,28)31-22-15-14-20-29-24(26)23(4)5/h4,6-22H2,1-3,5H3/p+1. The largest absolute Gasteiger partial charge is 0.472 e. The van der Waals surface area contributed by atoms with Gasteiger partial charge in [-0.1, -0.05) is 46.6 Å². The van der Waals surface area contributed by atoms with Crippen molar-refractivity contribution in [2.75, 3.05) is 46.0 Å². The highest BCUT2D eigenvalue weighted by Crippen LogP contribution is 2.43. The molecule has 1 unspecified atom stereocenters. The van der Waals surface area contributed by atoms with Crippen LogP contribution < -0.4 is 0 Å². The smallest absolute Gasteiger partial charge is 0.462 e. The molecule has 32 heavy (non-hydrogen) atoms. The Hall–Kier alpha value is -0.720. The molecular weight excluding hydrogens is 429 g/mol. The molecule has 0 saturated heterocycles. The van der Waals surface area contributed by atoms with Crippen molar-refractivity contribution < 1.29 is 32.5 Å². The molecule has 0 saturated carbocycles. The summed E-state index contributed by atoms with van der Waals surface area (Å²) in [6.07, 6.45) is 10.1. The van der Waals surface area contributed by atoms with Crippen molar-refractivity contribution in [2.24, 2.45) is 0 Å². The van der Waals surface area contributed by atoms with Gasteiger partial charge in [0.1, 0.15) is 0 Å². The van der Waals surface area contributed by atoms with Crippen LogP contribution in [0.25, 0.3) is 0 Å². The van der Waals surface area contributed by atoms with Gasteiger partial charge in [0.25, 0.3) is 0 Å². The summed E-state index contributed by atoms with van der Waals surface area (Å²) in [5.74, 6) is -0.427. The summed E-state index contributed by atoms with van der Waals surface area (Å²) in [5, 5.41) is 0. The van der Waals surface area contributed by atoms with Crippen LogP contribution in [0.5, 0.6) is 0 Å². The first-order valence-corrected chi connectivity index (χ1v) is 14.0. The summed E-state index contributed by atoms with van der Waals surface area (Å²) >= 11 is 0. The van der Waals surface area contributed by atoms with E-state index >= 15 is 0 Å². The van der Waals surface area contributed by atoms with E-state index in [1.54, 1.807) is 6.92 Å². The summed E-state index contributed by atoms with van der Waals surface area (Å²) in [7, 11) is -4.04. The molecule has 0 bridgehead atoms. The number of nitrogens with zero attached hydrogens (tertiary/aromatic N) is 1. The molecule has 0 aliphatic carbocycles. The lowest BCUT2D eigenvalue weighted by Crippen LogP contribution is -2.50. The van der Waals surface area contributed by atoms with E-state index in [1.807, 2.05) is 0 Å². The number of carbonyl (C=O) groups is 1. The number of unbranched alkanes of at least 4 members (excludes halogenated alkanes) is 5. The van der Waals surface area contributed by atoms with Crippen molar-refractivity contribution in [3.8, 4) is 0 Å². The van der Waals surface area contributed by atoms with Crippen LogP contribution in [-0.2, 0) is 23.1 Å². The molecule has 0 rings (SSSR count). The predicted molar refractivity (Wildman–Crippen MR) is 130 cm³/mol. The number of hydrogen-bond acceptors (Lipinski definition) is 5. The van der Waals surface area contributed by atoms with Crippen LogP contribution in [0.4, 0.5) is 0 Å². The van der Waals surface area contributed by atoms with Crippen molar-refractivity contribution in [2.45, 2.75) is 91.9 Å². The second kappa shape index (κ2) is 18.7. The van der Waals surface area contributed by atoms with E-state index in [2.05, 4.69) is 27.4 Å². The van der Waals surface area contributed by atoms with Gasteiger partial charge in [-0.25, -0.2) is 9.36 Å². The van der Waals surface area contributed by atoms with Crippen molar-refractivity contribution in [3.63, 3.8) is 0 Å². The zero-order valence-corrected chi connectivity index (χ0v) is 22.0. The van der Waals surface area contributed by atoms with E-state index in [0.717, 1.165) is 19.4 Å². The van der Waals surface area contributed by atoms with E-state index in [-0.39, 0.29) is 19.8 Å². The van der Waals surface area contributed by atoms with Gasteiger partial charge in [-0.15, -0.1) is 0 Å². The lowest BCUT2D eigenvalue weighted by molar-refractivity contribution is -0.929. The van der Waals surface area contributed by atoms with E-state index in [9.17, 15) is 14.3 Å². The molecule has 1 atom stereocenters. The number of phosphoric ester groups is 1. The van der Waals surface area contributed by atoms with Crippen LogP contribution in [0.1, 0.15) is 91.9 Å². The molecule has 7 nitrogen and oxygen atoms in total. The van der Waals surface area contributed by atoms with Gasteiger partial charge >= 0.3 is 13.8 Å². The lowest BCUT2D eigenvalue weighted by Gasteiger charge is -2.39. The van der Waals surface area contributed by atoms with Gasteiger partial charge in [-0.2, -0.15) is 0 Å². The Labute approximate surface area is 196 Å². The van der Waals surface area contributed by atoms with Crippen LogP contribution in [0.3, 0.4) is 0 Å². The molecule has 1 N–H and O–H groups in total. The Kier molecular flexibility index (Phi) is 18.3. The number of esters is 1. The second-order valence-corrected chi connectivity index (χ2v) is 10.2. The Morgan fingerprint density at radius 1 is 0.781 bits per heavy atom. The Bertz CT molecular complexity index is 533. The molecule has 0 aromatic rings. The predicted octanol–water partition coefficient (Wildman–Crippen LogP) is 6.02.